The first-order chi connectivity index (χ1) is 8.59. The summed E-state index contributed by atoms with van der Waals surface area (Å²) in [6.45, 7) is 3.99. The third kappa shape index (κ3) is 1.63. The molecule has 3 heteroatoms. The van der Waals surface area contributed by atoms with Gasteiger partial charge in [-0.25, -0.2) is 8.78 Å². The zero-order chi connectivity index (χ0) is 12.9. The lowest BCUT2D eigenvalue weighted by Gasteiger charge is -2.41. The molecule has 0 radical (unpaired) electrons. The average Bonchev–Trinajstić information content (AvgIpc) is 2.38. The minimum absolute atomic E-state index is 0.0895. The summed E-state index contributed by atoms with van der Waals surface area (Å²) in [5.41, 5.74) is 1.46. The lowest BCUT2D eigenvalue weighted by Crippen LogP contribution is -2.40. The predicted molar refractivity (Wildman–Crippen MR) is 66.2 cm³/mol. The number of hydrogen-bond donors (Lipinski definition) is 0. The van der Waals surface area contributed by atoms with Crippen LogP contribution in [0.15, 0.2) is 12.1 Å². The Kier molecular flexibility index (Phi) is 2.80. The molecular weight excluding hydrogens is 234 g/mol. The van der Waals surface area contributed by atoms with E-state index in [-0.39, 0.29) is 23.6 Å². The van der Waals surface area contributed by atoms with Gasteiger partial charge in [0, 0.05) is 11.5 Å². The van der Waals surface area contributed by atoms with Crippen molar-refractivity contribution in [2.45, 2.75) is 38.8 Å². The molecule has 1 aromatic carbocycles. The Morgan fingerprint density at radius 1 is 1.28 bits per heavy atom. The molecule has 98 valence electrons. The molecule has 0 aromatic heterocycles. The Morgan fingerprint density at radius 3 is 2.83 bits per heavy atom. The molecule has 18 heavy (non-hydrogen) atoms. The van der Waals surface area contributed by atoms with E-state index >= 15 is 0 Å². The molecule has 0 bridgehead atoms. The van der Waals surface area contributed by atoms with Crippen molar-refractivity contribution in [3.8, 4) is 5.75 Å². The normalized spacial score (nSPS) is 34.4. The Hall–Kier alpha value is -1.12. The van der Waals surface area contributed by atoms with E-state index in [1.807, 2.05) is 13.0 Å². The van der Waals surface area contributed by atoms with Gasteiger partial charge in [-0.15, -0.1) is 0 Å². The van der Waals surface area contributed by atoms with E-state index in [2.05, 4.69) is 0 Å². The molecule has 1 aliphatic carbocycles. The molecule has 2 aliphatic rings. The monoisotopic (exact) mass is 252 g/mol. The van der Waals surface area contributed by atoms with Crippen molar-refractivity contribution >= 4 is 0 Å². The van der Waals surface area contributed by atoms with Gasteiger partial charge in [0.25, 0.3) is 0 Å². The molecule has 1 nitrogen and oxygen atoms in total. The first-order valence-corrected chi connectivity index (χ1v) is 6.65. The van der Waals surface area contributed by atoms with E-state index in [4.69, 9.17) is 4.74 Å². The molecule has 0 N–H and O–H groups in total. The molecule has 0 amide bonds. The van der Waals surface area contributed by atoms with Gasteiger partial charge in [-0.3, -0.25) is 0 Å². The van der Waals surface area contributed by atoms with Crippen LogP contribution in [0, 0.1) is 24.6 Å². The number of aryl methyl sites for hydroxylation is 1. The molecule has 0 saturated heterocycles. The number of rotatable bonds is 0. The summed E-state index contributed by atoms with van der Waals surface area (Å²) in [5, 5.41) is 0. The van der Waals surface area contributed by atoms with E-state index in [0.717, 1.165) is 18.4 Å². The van der Waals surface area contributed by atoms with Crippen molar-refractivity contribution in [1.29, 1.82) is 0 Å². The van der Waals surface area contributed by atoms with Crippen LogP contribution in [0.3, 0.4) is 0 Å². The highest BCUT2D eigenvalue weighted by molar-refractivity contribution is 5.43. The van der Waals surface area contributed by atoms with E-state index < -0.39 is 6.17 Å². The summed E-state index contributed by atoms with van der Waals surface area (Å²) in [6.07, 6.45) is 0.976. The first-order valence-electron chi connectivity index (χ1n) is 6.65. The Bertz CT molecular complexity index is 472. The molecule has 3 rings (SSSR count). The van der Waals surface area contributed by atoms with Crippen LogP contribution < -0.4 is 4.74 Å². The van der Waals surface area contributed by atoms with Crippen LogP contribution in [0.2, 0.25) is 0 Å². The van der Waals surface area contributed by atoms with E-state index in [1.165, 1.54) is 0 Å². The van der Waals surface area contributed by atoms with Crippen LogP contribution in [-0.4, -0.2) is 12.8 Å². The van der Waals surface area contributed by atoms with Gasteiger partial charge in [0.15, 0.2) is 11.6 Å². The van der Waals surface area contributed by atoms with Gasteiger partial charge in [0.1, 0.15) is 6.17 Å². The number of alkyl halides is 1. The number of ether oxygens (including phenoxy) is 1. The van der Waals surface area contributed by atoms with Gasteiger partial charge < -0.3 is 4.74 Å². The lowest BCUT2D eigenvalue weighted by molar-refractivity contribution is 0.0383. The molecule has 0 spiro atoms. The highest BCUT2D eigenvalue weighted by Gasteiger charge is 2.43. The molecule has 1 aromatic rings. The molecular formula is C15H18F2O. The van der Waals surface area contributed by atoms with Crippen LogP contribution in [0.25, 0.3) is 0 Å². The molecule has 1 saturated carbocycles. The SMILES string of the molecule is Cc1ccc2c(c1F)OCC1C2CCC(C)C1F. The third-order valence-electron chi connectivity index (χ3n) is 4.54. The van der Waals surface area contributed by atoms with Crippen molar-refractivity contribution in [2.75, 3.05) is 6.61 Å². The largest absolute Gasteiger partial charge is 0.490 e. The minimum atomic E-state index is -0.832. The van der Waals surface area contributed by atoms with Crippen molar-refractivity contribution in [1.82, 2.24) is 0 Å². The van der Waals surface area contributed by atoms with Crippen LogP contribution in [0.1, 0.15) is 36.8 Å². The van der Waals surface area contributed by atoms with Crippen LogP contribution in [-0.2, 0) is 0 Å². The fourth-order valence-corrected chi connectivity index (χ4v) is 3.34. The van der Waals surface area contributed by atoms with Gasteiger partial charge in [0.05, 0.1) is 6.61 Å². The summed E-state index contributed by atoms with van der Waals surface area (Å²) in [6, 6.07) is 3.68. The van der Waals surface area contributed by atoms with E-state index in [0.29, 0.717) is 17.9 Å². The predicted octanol–water partition coefficient (Wildman–Crippen LogP) is 3.99. The second-order valence-electron chi connectivity index (χ2n) is 5.70. The fraction of sp³-hybridized carbons (Fsp3) is 0.600. The zero-order valence-electron chi connectivity index (χ0n) is 10.7. The number of benzene rings is 1. The summed E-state index contributed by atoms with van der Waals surface area (Å²) in [7, 11) is 0. The molecule has 1 heterocycles. The lowest BCUT2D eigenvalue weighted by atomic mass is 9.69. The molecule has 1 aliphatic heterocycles. The standard InChI is InChI=1S/C15H18F2O/c1-8-3-5-10-11-6-4-9(2)14(17)15(11)18-7-12(10)13(8)16/h4,6,8,10,12-13H,3,5,7H2,1-2H3. The van der Waals surface area contributed by atoms with Crippen molar-refractivity contribution in [3.63, 3.8) is 0 Å². The smallest absolute Gasteiger partial charge is 0.168 e. The summed E-state index contributed by atoms with van der Waals surface area (Å²) in [5.74, 6) is 0.183. The highest BCUT2D eigenvalue weighted by Crippen LogP contribution is 2.48. The fourth-order valence-electron chi connectivity index (χ4n) is 3.34. The van der Waals surface area contributed by atoms with Gasteiger partial charge in [-0.2, -0.15) is 0 Å². The van der Waals surface area contributed by atoms with Crippen LogP contribution in [0.5, 0.6) is 5.75 Å². The quantitative estimate of drug-likeness (QED) is 0.678. The number of hydrogen-bond acceptors (Lipinski definition) is 1. The van der Waals surface area contributed by atoms with Crippen LogP contribution in [0.4, 0.5) is 8.78 Å². The second kappa shape index (κ2) is 4.22. The van der Waals surface area contributed by atoms with Gasteiger partial charge in [-0.05, 0) is 37.2 Å². The Morgan fingerprint density at radius 2 is 2.06 bits per heavy atom. The maximum Gasteiger partial charge on any atom is 0.168 e. The molecule has 4 unspecified atom stereocenters. The maximum absolute atomic E-state index is 14.2. The van der Waals surface area contributed by atoms with E-state index in [1.54, 1.807) is 13.0 Å². The van der Waals surface area contributed by atoms with Crippen molar-refractivity contribution < 1.29 is 13.5 Å². The average molecular weight is 252 g/mol. The molecule has 1 fully saturated rings. The van der Waals surface area contributed by atoms with Crippen molar-refractivity contribution in [2.24, 2.45) is 11.8 Å². The summed E-state index contributed by atoms with van der Waals surface area (Å²) in [4.78, 5) is 0. The number of halogens is 2. The molecule has 4 atom stereocenters. The first kappa shape index (κ1) is 11.9. The summed E-state index contributed by atoms with van der Waals surface area (Å²) >= 11 is 0. The van der Waals surface area contributed by atoms with Crippen LogP contribution >= 0.6 is 0 Å². The zero-order valence-corrected chi connectivity index (χ0v) is 10.7. The van der Waals surface area contributed by atoms with Gasteiger partial charge in [0.2, 0.25) is 0 Å². The summed E-state index contributed by atoms with van der Waals surface area (Å²) < 4.78 is 33.7. The number of fused-ring (bicyclic) bond motifs is 3. The van der Waals surface area contributed by atoms with E-state index in [9.17, 15) is 8.78 Å². The maximum atomic E-state index is 14.2. The second-order valence-corrected chi connectivity index (χ2v) is 5.70. The Balaban J connectivity index is 2.02. The highest BCUT2D eigenvalue weighted by atomic mass is 19.1. The van der Waals surface area contributed by atoms with Crippen molar-refractivity contribution in [3.05, 3.63) is 29.1 Å². The Labute approximate surface area is 106 Å². The van der Waals surface area contributed by atoms with Gasteiger partial charge >= 0.3 is 0 Å². The van der Waals surface area contributed by atoms with Gasteiger partial charge in [-0.1, -0.05) is 19.1 Å². The topological polar surface area (TPSA) is 9.23 Å². The minimum Gasteiger partial charge on any atom is -0.490 e. The third-order valence-corrected chi connectivity index (χ3v) is 4.54.